The zero-order valence-electron chi connectivity index (χ0n) is 13.9. The number of unbranched alkanes of at least 4 members (excludes halogenated alkanes) is 1. The van der Waals surface area contributed by atoms with E-state index in [1.54, 1.807) is 0 Å². The molecule has 5 nitrogen and oxygen atoms in total. The maximum atomic E-state index is 12.2. The van der Waals surface area contributed by atoms with Gasteiger partial charge >= 0.3 is 6.09 Å². The SMILES string of the molecule is CC(C)[C@@H]1COC(=O)N1C(=O)CCCCOCc1ccccc1. The van der Waals surface area contributed by atoms with Crippen molar-refractivity contribution in [2.75, 3.05) is 13.2 Å². The molecule has 0 unspecified atom stereocenters. The first-order valence-electron chi connectivity index (χ1n) is 8.20. The normalized spacial score (nSPS) is 17.6. The second-order valence-corrected chi connectivity index (χ2v) is 6.15. The predicted octanol–water partition coefficient (Wildman–Crippen LogP) is 3.38. The minimum Gasteiger partial charge on any atom is -0.447 e. The maximum absolute atomic E-state index is 12.2. The minimum atomic E-state index is -0.506. The van der Waals surface area contributed by atoms with Gasteiger partial charge in [-0.3, -0.25) is 4.79 Å². The van der Waals surface area contributed by atoms with Gasteiger partial charge in [-0.05, 0) is 24.3 Å². The average Bonchev–Trinajstić information content (AvgIpc) is 2.93. The van der Waals surface area contributed by atoms with E-state index in [4.69, 9.17) is 9.47 Å². The summed E-state index contributed by atoms with van der Waals surface area (Å²) in [6, 6.07) is 9.85. The highest BCUT2D eigenvalue weighted by Gasteiger charge is 2.38. The summed E-state index contributed by atoms with van der Waals surface area (Å²) in [7, 11) is 0. The number of imide groups is 1. The van der Waals surface area contributed by atoms with Gasteiger partial charge in [-0.1, -0.05) is 44.2 Å². The number of ether oxygens (including phenoxy) is 2. The molecule has 0 aromatic heterocycles. The molecular weight excluding hydrogens is 294 g/mol. The number of amides is 2. The Hall–Kier alpha value is -1.88. The standard InChI is InChI=1S/C18H25NO4/c1-14(2)16-13-23-18(21)19(16)17(20)10-6-7-11-22-12-15-8-4-3-5-9-15/h3-5,8-9,14,16H,6-7,10-13H2,1-2H3/t16-/m0/s1. The van der Waals surface area contributed by atoms with Crippen molar-refractivity contribution in [3.8, 4) is 0 Å². The summed E-state index contributed by atoms with van der Waals surface area (Å²) in [6.07, 6.45) is 1.36. The van der Waals surface area contributed by atoms with Crippen molar-refractivity contribution in [1.82, 2.24) is 4.90 Å². The van der Waals surface area contributed by atoms with Gasteiger partial charge in [-0.2, -0.15) is 0 Å². The fraction of sp³-hybridized carbons (Fsp3) is 0.556. The zero-order chi connectivity index (χ0) is 16.7. The van der Waals surface area contributed by atoms with Gasteiger partial charge in [0.15, 0.2) is 0 Å². The first kappa shape index (κ1) is 17.5. The third-order valence-electron chi connectivity index (χ3n) is 3.99. The molecular formula is C18H25NO4. The molecule has 1 fully saturated rings. The molecule has 0 spiro atoms. The second-order valence-electron chi connectivity index (χ2n) is 6.15. The van der Waals surface area contributed by atoms with Crippen LogP contribution in [-0.4, -0.2) is 36.2 Å². The molecule has 0 bridgehead atoms. The average molecular weight is 319 g/mol. The molecule has 1 heterocycles. The van der Waals surface area contributed by atoms with Crippen molar-refractivity contribution in [1.29, 1.82) is 0 Å². The van der Waals surface area contributed by atoms with Crippen molar-refractivity contribution in [3.63, 3.8) is 0 Å². The molecule has 2 amide bonds. The summed E-state index contributed by atoms with van der Waals surface area (Å²) in [6.45, 7) is 5.49. The number of rotatable bonds is 8. The van der Waals surface area contributed by atoms with E-state index in [9.17, 15) is 9.59 Å². The van der Waals surface area contributed by atoms with E-state index in [1.807, 2.05) is 44.2 Å². The number of nitrogens with zero attached hydrogens (tertiary/aromatic N) is 1. The summed E-state index contributed by atoms with van der Waals surface area (Å²) >= 11 is 0. The van der Waals surface area contributed by atoms with Crippen LogP contribution >= 0.6 is 0 Å². The van der Waals surface area contributed by atoms with Gasteiger partial charge in [0.2, 0.25) is 5.91 Å². The Kier molecular flexibility index (Phi) is 6.59. The maximum Gasteiger partial charge on any atom is 0.416 e. The second kappa shape index (κ2) is 8.67. The molecule has 1 aliphatic rings. The van der Waals surface area contributed by atoms with Gasteiger partial charge in [0, 0.05) is 13.0 Å². The molecule has 0 radical (unpaired) electrons. The summed E-state index contributed by atoms with van der Waals surface area (Å²) in [5.41, 5.74) is 1.14. The highest BCUT2D eigenvalue weighted by molar-refractivity contribution is 5.93. The fourth-order valence-corrected chi connectivity index (χ4v) is 2.58. The van der Waals surface area contributed by atoms with E-state index in [2.05, 4.69) is 0 Å². The van der Waals surface area contributed by atoms with Gasteiger partial charge in [0.05, 0.1) is 12.6 Å². The predicted molar refractivity (Wildman–Crippen MR) is 86.8 cm³/mol. The lowest BCUT2D eigenvalue weighted by molar-refractivity contribution is -0.129. The van der Waals surface area contributed by atoms with E-state index in [0.717, 1.165) is 12.0 Å². The van der Waals surface area contributed by atoms with Crippen molar-refractivity contribution in [2.24, 2.45) is 5.92 Å². The van der Waals surface area contributed by atoms with Crippen molar-refractivity contribution < 1.29 is 19.1 Å². The first-order chi connectivity index (χ1) is 11.1. The topological polar surface area (TPSA) is 55.8 Å². The number of carbonyl (C=O) groups excluding carboxylic acids is 2. The van der Waals surface area contributed by atoms with E-state index < -0.39 is 6.09 Å². The molecule has 5 heteroatoms. The van der Waals surface area contributed by atoms with Crippen LogP contribution in [0, 0.1) is 5.92 Å². The van der Waals surface area contributed by atoms with Gasteiger partial charge < -0.3 is 9.47 Å². The molecule has 1 aromatic rings. The Bertz CT molecular complexity index is 515. The molecule has 0 N–H and O–H groups in total. The Morgan fingerprint density at radius 1 is 1.30 bits per heavy atom. The zero-order valence-corrected chi connectivity index (χ0v) is 13.9. The molecule has 0 aliphatic carbocycles. The molecule has 23 heavy (non-hydrogen) atoms. The highest BCUT2D eigenvalue weighted by Crippen LogP contribution is 2.21. The summed E-state index contributed by atoms with van der Waals surface area (Å²) in [4.78, 5) is 25.2. The van der Waals surface area contributed by atoms with Gasteiger partial charge in [0.25, 0.3) is 0 Å². The number of benzene rings is 1. The smallest absolute Gasteiger partial charge is 0.416 e. The van der Waals surface area contributed by atoms with Gasteiger partial charge in [-0.15, -0.1) is 0 Å². The third-order valence-corrected chi connectivity index (χ3v) is 3.99. The van der Waals surface area contributed by atoms with E-state index in [-0.39, 0.29) is 17.9 Å². The van der Waals surface area contributed by atoms with Crippen LogP contribution < -0.4 is 0 Å². The van der Waals surface area contributed by atoms with Crippen LogP contribution in [-0.2, 0) is 20.9 Å². The number of hydrogen-bond donors (Lipinski definition) is 0. The molecule has 126 valence electrons. The van der Waals surface area contributed by atoms with Crippen molar-refractivity contribution in [3.05, 3.63) is 35.9 Å². The number of cyclic esters (lactones) is 1. The van der Waals surface area contributed by atoms with Gasteiger partial charge in [0.1, 0.15) is 6.61 Å². The Labute approximate surface area is 137 Å². The molecule has 1 saturated heterocycles. The van der Waals surface area contributed by atoms with E-state index >= 15 is 0 Å². The highest BCUT2D eigenvalue weighted by atomic mass is 16.6. The van der Waals surface area contributed by atoms with Gasteiger partial charge in [-0.25, -0.2) is 9.69 Å². The Morgan fingerprint density at radius 2 is 2.04 bits per heavy atom. The van der Waals surface area contributed by atoms with E-state index in [1.165, 1.54) is 4.90 Å². The van der Waals surface area contributed by atoms with E-state index in [0.29, 0.717) is 32.7 Å². The lowest BCUT2D eigenvalue weighted by Crippen LogP contribution is -2.41. The molecule has 0 saturated carbocycles. The third kappa shape index (κ3) is 5.06. The van der Waals surface area contributed by atoms with Crippen LogP contribution in [0.25, 0.3) is 0 Å². The Morgan fingerprint density at radius 3 is 2.74 bits per heavy atom. The van der Waals surface area contributed by atoms with Crippen LogP contribution in [0.15, 0.2) is 30.3 Å². The van der Waals surface area contributed by atoms with Crippen LogP contribution in [0.5, 0.6) is 0 Å². The molecule has 1 aromatic carbocycles. The van der Waals surface area contributed by atoms with Crippen molar-refractivity contribution in [2.45, 2.75) is 45.8 Å². The summed E-state index contributed by atoms with van der Waals surface area (Å²) < 4.78 is 10.6. The van der Waals surface area contributed by atoms with Crippen LogP contribution in [0.3, 0.4) is 0 Å². The minimum absolute atomic E-state index is 0.135. The largest absolute Gasteiger partial charge is 0.447 e. The van der Waals surface area contributed by atoms with Crippen molar-refractivity contribution >= 4 is 12.0 Å². The fourth-order valence-electron chi connectivity index (χ4n) is 2.58. The summed E-state index contributed by atoms with van der Waals surface area (Å²) in [5, 5.41) is 0. The quantitative estimate of drug-likeness (QED) is 0.689. The van der Waals surface area contributed by atoms with Crippen LogP contribution in [0.1, 0.15) is 38.7 Å². The molecule has 2 rings (SSSR count). The lowest BCUT2D eigenvalue weighted by atomic mass is 10.0. The molecule has 1 atom stereocenters. The molecule has 1 aliphatic heterocycles. The summed E-state index contributed by atoms with van der Waals surface area (Å²) in [5.74, 6) is 0.0638. The van der Waals surface area contributed by atoms with Crippen LogP contribution in [0.4, 0.5) is 4.79 Å². The lowest BCUT2D eigenvalue weighted by Gasteiger charge is -2.22. The number of carbonyl (C=O) groups is 2. The van der Waals surface area contributed by atoms with Crippen LogP contribution in [0.2, 0.25) is 0 Å². The monoisotopic (exact) mass is 319 g/mol. The number of hydrogen-bond acceptors (Lipinski definition) is 4. The first-order valence-corrected chi connectivity index (χ1v) is 8.20. The Balaban J connectivity index is 1.64.